The predicted molar refractivity (Wildman–Crippen MR) is 63.5 cm³/mol. The molecule has 0 aliphatic heterocycles. The van der Waals surface area contributed by atoms with Gasteiger partial charge in [-0.25, -0.2) is 0 Å². The van der Waals surface area contributed by atoms with Crippen molar-refractivity contribution in [2.75, 3.05) is 46.7 Å². The van der Waals surface area contributed by atoms with Crippen LogP contribution >= 0.6 is 0 Å². The van der Waals surface area contributed by atoms with E-state index in [0.29, 0.717) is 18.6 Å². The Morgan fingerprint density at radius 2 is 1.81 bits per heavy atom. The first-order chi connectivity index (χ1) is 7.83. The number of nitrogens with two attached hydrogens (primary N) is 1. The molecule has 96 valence electrons. The van der Waals surface area contributed by atoms with E-state index >= 15 is 0 Å². The maximum atomic E-state index is 5.61. The van der Waals surface area contributed by atoms with Crippen LogP contribution < -0.4 is 5.73 Å². The number of ether oxygens (including phenoxy) is 3. The molecule has 1 saturated carbocycles. The topological polar surface area (TPSA) is 53.7 Å². The summed E-state index contributed by atoms with van der Waals surface area (Å²) < 4.78 is 15.9. The average molecular weight is 231 g/mol. The third-order valence-corrected chi connectivity index (χ3v) is 3.05. The minimum absolute atomic E-state index is 0.421. The van der Waals surface area contributed by atoms with E-state index in [-0.39, 0.29) is 0 Å². The van der Waals surface area contributed by atoms with E-state index in [4.69, 9.17) is 19.9 Å². The Hall–Kier alpha value is -0.160. The van der Waals surface area contributed by atoms with Gasteiger partial charge in [0.25, 0.3) is 0 Å². The molecule has 1 aliphatic carbocycles. The largest absolute Gasteiger partial charge is 0.385 e. The van der Waals surface area contributed by atoms with Crippen LogP contribution in [0.2, 0.25) is 0 Å². The van der Waals surface area contributed by atoms with Gasteiger partial charge in [-0.2, -0.15) is 0 Å². The molecule has 4 nitrogen and oxygen atoms in total. The van der Waals surface area contributed by atoms with Crippen molar-refractivity contribution in [1.29, 1.82) is 0 Å². The number of hydrogen-bond donors (Lipinski definition) is 1. The number of methoxy groups -OCH3 is 1. The Bertz CT molecular complexity index is 172. The van der Waals surface area contributed by atoms with Crippen LogP contribution in [0.3, 0.4) is 0 Å². The number of hydrogen-bond acceptors (Lipinski definition) is 4. The molecule has 16 heavy (non-hydrogen) atoms. The molecule has 0 unspecified atom stereocenters. The molecule has 4 heteroatoms. The summed E-state index contributed by atoms with van der Waals surface area (Å²) in [4.78, 5) is 0. The van der Waals surface area contributed by atoms with Crippen molar-refractivity contribution in [3.63, 3.8) is 0 Å². The first-order valence-corrected chi connectivity index (χ1v) is 6.17. The van der Waals surface area contributed by atoms with Crippen molar-refractivity contribution < 1.29 is 14.2 Å². The second kappa shape index (κ2) is 8.01. The van der Waals surface area contributed by atoms with E-state index in [1.807, 2.05) is 0 Å². The second-order valence-electron chi connectivity index (χ2n) is 4.55. The molecular formula is C12H25NO3. The van der Waals surface area contributed by atoms with Crippen LogP contribution in [0.4, 0.5) is 0 Å². The molecule has 0 bridgehead atoms. The van der Waals surface area contributed by atoms with Gasteiger partial charge in [-0.15, -0.1) is 0 Å². The lowest BCUT2D eigenvalue weighted by atomic mass is 10.0. The molecule has 0 radical (unpaired) electrons. The molecule has 0 amide bonds. The van der Waals surface area contributed by atoms with Crippen molar-refractivity contribution in [2.24, 2.45) is 11.1 Å². The number of rotatable bonds is 11. The lowest BCUT2D eigenvalue weighted by molar-refractivity contribution is 0.0226. The quantitative estimate of drug-likeness (QED) is 0.543. The van der Waals surface area contributed by atoms with Crippen LogP contribution in [0.5, 0.6) is 0 Å². The van der Waals surface area contributed by atoms with Crippen molar-refractivity contribution in [3.05, 3.63) is 0 Å². The predicted octanol–water partition coefficient (Wildman–Crippen LogP) is 1.19. The normalized spacial score (nSPS) is 17.6. The molecular weight excluding hydrogens is 206 g/mol. The van der Waals surface area contributed by atoms with E-state index in [1.165, 1.54) is 12.8 Å². The van der Waals surface area contributed by atoms with E-state index in [9.17, 15) is 0 Å². The molecule has 1 rings (SSSR count). The van der Waals surface area contributed by atoms with E-state index in [1.54, 1.807) is 7.11 Å². The van der Waals surface area contributed by atoms with Gasteiger partial charge in [-0.1, -0.05) is 0 Å². The summed E-state index contributed by atoms with van der Waals surface area (Å²) in [6.45, 7) is 4.52. The molecule has 0 atom stereocenters. The first kappa shape index (κ1) is 13.9. The Labute approximate surface area is 98.4 Å². The van der Waals surface area contributed by atoms with Crippen LogP contribution in [-0.4, -0.2) is 46.7 Å². The summed E-state index contributed by atoms with van der Waals surface area (Å²) in [7, 11) is 1.70. The van der Waals surface area contributed by atoms with Gasteiger partial charge in [0.1, 0.15) is 0 Å². The molecule has 0 aromatic carbocycles. The van der Waals surface area contributed by atoms with Crippen molar-refractivity contribution in [2.45, 2.75) is 25.7 Å². The fourth-order valence-electron chi connectivity index (χ4n) is 1.76. The van der Waals surface area contributed by atoms with Gasteiger partial charge in [0, 0.05) is 20.3 Å². The van der Waals surface area contributed by atoms with Gasteiger partial charge in [0.15, 0.2) is 0 Å². The summed E-state index contributed by atoms with van der Waals surface area (Å²) in [6.07, 6.45) is 4.60. The second-order valence-corrected chi connectivity index (χ2v) is 4.55. The van der Waals surface area contributed by atoms with E-state index < -0.39 is 0 Å². The van der Waals surface area contributed by atoms with Crippen molar-refractivity contribution in [3.8, 4) is 0 Å². The van der Waals surface area contributed by atoms with Gasteiger partial charge in [-0.05, 0) is 37.6 Å². The van der Waals surface area contributed by atoms with Crippen molar-refractivity contribution in [1.82, 2.24) is 0 Å². The van der Waals surface area contributed by atoms with Gasteiger partial charge in [0.05, 0.1) is 19.8 Å². The lowest BCUT2D eigenvalue weighted by Crippen LogP contribution is -2.17. The van der Waals surface area contributed by atoms with Gasteiger partial charge in [0.2, 0.25) is 0 Å². The van der Waals surface area contributed by atoms with Crippen LogP contribution in [0, 0.1) is 5.41 Å². The zero-order chi connectivity index (χ0) is 11.7. The third-order valence-electron chi connectivity index (χ3n) is 3.05. The molecule has 0 aromatic heterocycles. The summed E-state index contributed by atoms with van der Waals surface area (Å²) in [5.74, 6) is 0. The first-order valence-electron chi connectivity index (χ1n) is 6.17. The van der Waals surface area contributed by atoms with E-state index in [0.717, 1.165) is 39.2 Å². The van der Waals surface area contributed by atoms with Gasteiger partial charge in [-0.3, -0.25) is 0 Å². The fraction of sp³-hybridized carbons (Fsp3) is 1.00. The van der Waals surface area contributed by atoms with Crippen LogP contribution in [0.25, 0.3) is 0 Å². The van der Waals surface area contributed by atoms with Crippen LogP contribution in [-0.2, 0) is 14.2 Å². The highest BCUT2D eigenvalue weighted by Gasteiger charge is 2.41. The summed E-state index contributed by atoms with van der Waals surface area (Å²) in [6, 6.07) is 0. The highest BCUT2D eigenvalue weighted by atomic mass is 16.5. The zero-order valence-corrected chi connectivity index (χ0v) is 10.4. The third kappa shape index (κ3) is 5.80. The van der Waals surface area contributed by atoms with Crippen LogP contribution in [0.1, 0.15) is 25.7 Å². The molecule has 2 N–H and O–H groups in total. The Kier molecular flexibility index (Phi) is 6.96. The summed E-state index contributed by atoms with van der Waals surface area (Å²) in [5, 5.41) is 0. The molecule has 1 aliphatic rings. The molecule has 1 fully saturated rings. The van der Waals surface area contributed by atoms with Crippen molar-refractivity contribution >= 4 is 0 Å². The molecule has 0 saturated heterocycles. The standard InChI is InChI=1S/C12H25NO3/c1-14-7-2-8-15-9-10-16-11-12(3-4-12)5-6-13/h2-11,13H2,1H3. The SMILES string of the molecule is COCCCOCCOCC1(CCN)CC1. The zero-order valence-electron chi connectivity index (χ0n) is 10.4. The van der Waals surface area contributed by atoms with Gasteiger partial charge < -0.3 is 19.9 Å². The van der Waals surface area contributed by atoms with Crippen LogP contribution in [0.15, 0.2) is 0 Å². The maximum Gasteiger partial charge on any atom is 0.0700 e. The minimum atomic E-state index is 0.421. The maximum absolute atomic E-state index is 5.61. The Balaban J connectivity index is 1.81. The molecule has 0 spiro atoms. The van der Waals surface area contributed by atoms with Gasteiger partial charge >= 0.3 is 0 Å². The lowest BCUT2D eigenvalue weighted by Gasteiger charge is -2.14. The highest BCUT2D eigenvalue weighted by molar-refractivity contribution is 4.92. The minimum Gasteiger partial charge on any atom is -0.385 e. The van der Waals surface area contributed by atoms with E-state index in [2.05, 4.69) is 0 Å². The summed E-state index contributed by atoms with van der Waals surface area (Å²) >= 11 is 0. The Morgan fingerprint density at radius 1 is 1.06 bits per heavy atom. The smallest absolute Gasteiger partial charge is 0.0700 e. The monoisotopic (exact) mass is 231 g/mol. The summed E-state index contributed by atoms with van der Waals surface area (Å²) in [5.41, 5.74) is 5.98. The fourth-order valence-corrected chi connectivity index (χ4v) is 1.76. The molecule has 0 aromatic rings. The highest BCUT2D eigenvalue weighted by Crippen LogP contribution is 2.48. The average Bonchev–Trinajstić information content (AvgIpc) is 3.03. The Morgan fingerprint density at radius 3 is 2.44 bits per heavy atom. The molecule has 0 heterocycles.